The molecule has 1 aromatic carbocycles. The summed E-state index contributed by atoms with van der Waals surface area (Å²) in [5, 5.41) is 0. The van der Waals surface area contributed by atoms with Gasteiger partial charge in [0.25, 0.3) is 0 Å². The summed E-state index contributed by atoms with van der Waals surface area (Å²) in [5.41, 5.74) is 3.04. The summed E-state index contributed by atoms with van der Waals surface area (Å²) in [6.45, 7) is 25.9. The van der Waals surface area contributed by atoms with E-state index in [1.54, 1.807) is 5.56 Å². The number of hydrogen-bond acceptors (Lipinski definition) is 0. The van der Waals surface area contributed by atoms with E-state index in [1.165, 1.54) is 12.0 Å². The van der Waals surface area contributed by atoms with Crippen LogP contribution in [0.25, 0.3) is 0 Å². The number of hydrogen-bond donors (Lipinski definition) is 0. The second kappa shape index (κ2) is 6.40. The zero-order chi connectivity index (χ0) is 17.4. The lowest BCUT2D eigenvalue weighted by Crippen LogP contribution is -2.66. The molecule has 0 amide bonds. The van der Waals surface area contributed by atoms with Crippen molar-refractivity contribution in [1.82, 2.24) is 0 Å². The summed E-state index contributed by atoms with van der Waals surface area (Å²) in [4.78, 5) is 0. The number of rotatable bonds is 6. The molecule has 1 rings (SSSR count). The molecule has 22 heavy (non-hydrogen) atoms. The van der Waals surface area contributed by atoms with Gasteiger partial charge < -0.3 is 0 Å². The molecule has 126 valence electrons. The van der Waals surface area contributed by atoms with Crippen LogP contribution in [0.3, 0.4) is 0 Å². The van der Waals surface area contributed by atoms with Gasteiger partial charge in [0, 0.05) is 24.2 Å². The lowest BCUT2D eigenvalue weighted by Gasteiger charge is -2.59. The highest BCUT2D eigenvalue weighted by Crippen LogP contribution is 2.55. The second-order valence-corrected chi connectivity index (χ2v) is 27.6. The average Bonchev–Trinajstić information content (AvgIpc) is 2.32. The molecule has 0 aliphatic heterocycles. The molecule has 0 unspecified atom stereocenters. The maximum atomic E-state index is 2.63. The molecular weight excluding hydrogens is 312 g/mol. The molecule has 3 heteroatoms. The Morgan fingerprint density at radius 2 is 0.955 bits per heavy atom. The predicted octanol–water partition coefficient (Wildman–Crippen LogP) is 6.62. The normalized spacial score (nSPS) is 14.3. The molecule has 0 nitrogen and oxygen atoms in total. The average molecular weight is 351 g/mol. The highest BCUT2D eigenvalue weighted by Gasteiger charge is 2.59. The molecule has 0 aliphatic carbocycles. The maximum absolute atomic E-state index is 2.63. The van der Waals surface area contributed by atoms with Crippen LogP contribution in [0.15, 0.2) is 24.3 Å². The highest BCUT2D eigenvalue weighted by molar-refractivity contribution is 7.15. The van der Waals surface area contributed by atoms with Crippen molar-refractivity contribution in [2.45, 2.75) is 83.0 Å². The lowest BCUT2D eigenvalue weighted by atomic mass is 10.1. The molecule has 0 bridgehead atoms. The van der Waals surface area contributed by atoms with Crippen molar-refractivity contribution >= 4 is 24.2 Å². The fourth-order valence-electron chi connectivity index (χ4n) is 5.37. The van der Waals surface area contributed by atoms with E-state index >= 15 is 0 Å². The van der Waals surface area contributed by atoms with E-state index in [0.717, 1.165) is 6.42 Å². The summed E-state index contributed by atoms with van der Waals surface area (Å²) in [6, 6.07) is 9.51. The fraction of sp³-hybridized carbons (Fsp3) is 0.684. The number of benzene rings is 1. The first-order valence-electron chi connectivity index (χ1n) is 8.84. The summed E-state index contributed by atoms with van der Waals surface area (Å²) in [5.74, 6) is 0. The Morgan fingerprint density at radius 1 is 0.636 bits per heavy atom. The molecule has 0 aromatic heterocycles. The molecule has 0 N–H and O–H groups in total. The van der Waals surface area contributed by atoms with Crippen molar-refractivity contribution in [3.63, 3.8) is 0 Å². The third-order valence-corrected chi connectivity index (χ3v) is 27.5. The van der Waals surface area contributed by atoms with Crippen LogP contribution in [0.2, 0.25) is 63.2 Å². The molecule has 0 radical (unpaired) electrons. The fourth-order valence-corrected chi connectivity index (χ4v) is 34.6. The Hall–Kier alpha value is -0.129. The Morgan fingerprint density at radius 3 is 1.23 bits per heavy atom. The number of aryl methyl sites for hydroxylation is 1. The summed E-state index contributed by atoms with van der Waals surface area (Å²) in [7, 11) is -3.87. The van der Waals surface area contributed by atoms with Gasteiger partial charge in [-0.1, -0.05) is 90.1 Å². The van der Waals surface area contributed by atoms with Crippen LogP contribution >= 0.6 is 0 Å². The van der Waals surface area contributed by atoms with Crippen LogP contribution in [0.5, 0.6) is 0 Å². The largest absolute Gasteiger partial charge is 0.0695 e. The summed E-state index contributed by atoms with van der Waals surface area (Å²) >= 11 is 0. The second-order valence-electron chi connectivity index (χ2n) is 10.0. The zero-order valence-corrected chi connectivity index (χ0v) is 19.7. The van der Waals surface area contributed by atoms with E-state index in [1.807, 2.05) is 0 Å². The van der Waals surface area contributed by atoms with Gasteiger partial charge in [-0.2, -0.15) is 0 Å². The van der Waals surface area contributed by atoms with Gasteiger partial charge in [-0.25, -0.2) is 0 Å². The van der Waals surface area contributed by atoms with Gasteiger partial charge in [-0.05, 0) is 28.3 Å². The van der Waals surface area contributed by atoms with E-state index in [9.17, 15) is 0 Å². The van der Waals surface area contributed by atoms with Crippen molar-refractivity contribution in [3.05, 3.63) is 35.4 Å². The lowest BCUT2D eigenvalue weighted by molar-refractivity contribution is 0.872. The van der Waals surface area contributed by atoms with Gasteiger partial charge in [0.05, 0.1) is 0 Å². The Bertz CT molecular complexity index is 445. The molecule has 0 fully saturated rings. The van der Waals surface area contributed by atoms with E-state index < -0.39 is 24.2 Å². The van der Waals surface area contributed by atoms with E-state index in [0.29, 0.717) is 4.28 Å². The summed E-state index contributed by atoms with van der Waals surface area (Å²) < 4.78 is 0.626. The van der Waals surface area contributed by atoms with Crippen LogP contribution in [-0.4, -0.2) is 24.2 Å². The molecule has 0 saturated heterocycles. The van der Waals surface area contributed by atoms with E-state index in [-0.39, 0.29) is 0 Å². The highest BCUT2D eigenvalue weighted by atomic mass is 28.5. The third-order valence-electron chi connectivity index (χ3n) is 5.74. The van der Waals surface area contributed by atoms with Crippen molar-refractivity contribution in [3.8, 4) is 0 Å². The van der Waals surface area contributed by atoms with Crippen LogP contribution in [0.4, 0.5) is 0 Å². The molecule has 0 aliphatic rings. The molecule has 0 heterocycles. The predicted molar refractivity (Wildman–Crippen MR) is 112 cm³/mol. The molecular formula is C19H38Si3. The third kappa shape index (κ3) is 3.68. The minimum atomic E-state index is -1.29. The van der Waals surface area contributed by atoms with Gasteiger partial charge in [-0.15, -0.1) is 0 Å². The zero-order valence-electron chi connectivity index (χ0n) is 16.7. The minimum Gasteiger partial charge on any atom is -0.0695 e. The Labute approximate surface area is 142 Å². The van der Waals surface area contributed by atoms with Crippen molar-refractivity contribution < 1.29 is 0 Å². The van der Waals surface area contributed by atoms with Crippen LogP contribution in [-0.2, 0) is 12.8 Å². The van der Waals surface area contributed by atoms with Gasteiger partial charge in [0.15, 0.2) is 0 Å². The Balaban J connectivity index is 3.43. The first-order valence-corrected chi connectivity index (χ1v) is 19.3. The SMILES string of the molecule is CCc1ccc(CC([Si](C)(C)C)([Si](C)(C)C)[Si](C)(C)C)cc1. The smallest absolute Gasteiger partial charge is 0.0455 e. The van der Waals surface area contributed by atoms with Gasteiger partial charge in [-0.3, -0.25) is 0 Å². The van der Waals surface area contributed by atoms with Gasteiger partial charge in [0.2, 0.25) is 0 Å². The van der Waals surface area contributed by atoms with Gasteiger partial charge >= 0.3 is 0 Å². The van der Waals surface area contributed by atoms with Crippen LogP contribution in [0, 0.1) is 0 Å². The Kier molecular flexibility index (Phi) is 5.80. The molecule has 0 spiro atoms. The van der Waals surface area contributed by atoms with Crippen molar-refractivity contribution in [2.75, 3.05) is 0 Å². The van der Waals surface area contributed by atoms with Gasteiger partial charge in [0.1, 0.15) is 0 Å². The monoisotopic (exact) mass is 350 g/mol. The van der Waals surface area contributed by atoms with Crippen LogP contribution in [0.1, 0.15) is 18.1 Å². The first kappa shape index (κ1) is 19.9. The van der Waals surface area contributed by atoms with Crippen LogP contribution < -0.4 is 0 Å². The summed E-state index contributed by atoms with van der Waals surface area (Å²) in [6.07, 6.45) is 2.46. The minimum absolute atomic E-state index is 0.626. The maximum Gasteiger partial charge on any atom is 0.0455 e. The molecule has 0 saturated carbocycles. The molecule has 1 aromatic rings. The van der Waals surface area contributed by atoms with E-state index in [2.05, 4.69) is 90.1 Å². The molecule has 0 atom stereocenters. The topological polar surface area (TPSA) is 0 Å². The van der Waals surface area contributed by atoms with Crippen molar-refractivity contribution in [1.29, 1.82) is 0 Å². The van der Waals surface area contributed by atoms with E-state index in [4.69, 9.17) is 0 Å². The first-order chi connectivity index (χ1) is 9.76. The van der Waals surface area contributed by atoms with Crippen molar-refractivity contribution in [2.24, 2.45) is 0 Å². The quantitative estimate of drug-likeness (QED) is 0.505. The standard InChI is InChI=1S/C19H38Si3/c1-11-17-12-14-18(15-13-17)16-19(20(2,3)4,21(5,6)7)22(8,9)10/h12-15H,11,16H2,1-10H3.